The topological polar surface area (TPSA) is 64.9 Å². The summed E-state index contributed by atoms with van der Waals surface area (Å²) in [6.07, 6.45) is 11.1. The van der Waals surface area contributed by atoms with Gasteiger partial charge < -0.3 is 14.6 Å². The minimum Gasteiger partial charge on any atom is -0.496 e. The highest BCUT2D eigenvalue weighted by molar-refractivity contribution is 5.52. The summed E-state index contributed by atoms with van der Waals surface area (Å²) in [4.78, 5) is 13.7. The van der Waals surface area contributed by atoms with E-state index in [1.54, 1.807) is 13.4 Å². The summed E-state index contributed by atoms with van der Waals surface area (Å²) in [6, 6.07) is 7.89. The molecule has 6 nitrogen and oxygen atoms in total. The van der Waals surface area contributed by atoms with Gasteiger partial charge in [0, 0.05) is 36.3 Å². The van der Waals surface area contributed by atoms with Gasteiger partial charge in [-0.2, -0.15) is 0 Å². The van der Waals surface area contributed by atoms with Crippen molar-refractivity contribution in [2.24, 2.45) is 7.05 Å². The lowest BCUT2D eigenvalue weighted by molar-refractivity contribution is 0.408. The molecule has 3 aromatic rings. The van der Waals surface area contributed by atoms with Crippen LogP contribution in [0.1, 0.15) is 47.9 Å². The third kappa shape index (κ3) is 3.52. The van der Waals surface area contributed by atoms with Crippen LogP contribution in [-0.4, -0.2) is 26.6 Å². The van der Waals surface area contributed by atoms with Gasteiger partial charge >= 0.3 is 0 Å². The van der Waals surface area contributed by atoms with Crippen molar-refractivity contribution < 1.29 is 4.74 Å². The molecule has 1 aliphatic carbocycles. The zero-order valence-electron chi connectivity index (χ0n) is 15.9. The molecule has 0 bridgehead atoms. The second-order valence-corrected chi connectivity index (χ2v) is 6.92. The van der Waals surface area contributed by atoms with Gasteiger partial charge in [0.2, 0.25) is 0 Å². The van der Waals surface area contributed by atoms with Crippen molar-refractivity contribution in [3.8, 4) is 5.75 Å². The SMILES string of the molecule is COc1ccccc1C(Nc1ncnc2c1CCCCC2)c1nccn1C. The number of anilines is 1. The Kier molecular flexibility index (Phi) is 5.05. The number of fused-ring (bicyclic) bond motifs is 1. The van der Waals surface area contributed by atoms with Gasteiger partial charge in [-0.3, -0.25) is 0 Å². The summed E-state index contributed by atoms with van der Waals surface area (Å²) in [7, 11) is 3.71. The van der Waals surface area contributed by atoms with E-state index in [0.29, 0.717) is 0 Å². The number of rotatable bonds is 5. The molecule has 1 N–H and O–H groups in total. The quantitative estimate of drug-likeness (QED) is 0.701. The highest BCUT2D eigenvalue weighted by Gasteiger charge is 2.24. The smallest absolute Gasteiger partial charge is 0.135 e. The summed E-state index contributed by atoms with van der Waals surface area (Å²) in [6.45, 7) is 0. The van der Waals surface area contributed by atoms with E-state index >= 15 is 0 Å². The Morgan fingerprint density at radius 1 is 1.07 bits per heavy atom. The highest BCUT2D eigenvalue weighted by atomic mass is 16.5. The van der Waals surface area contributed by atoms with Crippen LogP contribution in [0.3, 0.4) is 0 Å². The zero-order chi connectivity index (χ0) is 18.6. The molecule has 27 heavy (non-hydrogen) atoms. The first kappa shape index (κ1) is 17.5. The minimum atomic E-state index is -0.164. The van der Waals surface area contributed by atoms with E-state index in [4.69, 9.17) is 4.74 Å². The van der Waals surface area contributed by atoms with Crippen molar-refractivity contribution in [1.29, 1.82) is 0 Å². The van der Waals surface area contributed by atoms with Crippen molar-refractivity contribution in [3.05, 3.63) is 65.6 Å². The molecule has 0 spiro atoms. The second-order valence-electron chi connectivity index (χ2n) is 6.92. The van der Waals surface area contributed by atoms with Crippen LogP contribution in [0.25, 0.3) is 0 Å². The van der Waals surface area contributed by atoms with Crippen molar-refractivity contribution >= 4 is 5.82 Å². The van der Waals surface area contributed by atoms with Gasteiger partial charge in [0.25, 0.3) is 0 Å². The Hall–Kier alpha value is -2.89. The monoisotopic (exact) mass is 363 g/mol. The number of hydrogen-bond donors (Lipinski definition) is 1. The molecule has 0 fully saturated rings. The first-order chi connectivity index (χ1) is 13.3. The lowest BCUT2D eigenvalue weighted by Gasteiger charge is -2.23. The Labute approximate surface area is 159 Å². The van der Waals surface area contributed by atoms with Crippen LogP contribution in [0.4, 0.5) is 5.82 Å². The summed E-state index contributed by atoms with van der Waals surface area (Å²) in [5, 5.41) is 3.65. The molecular formula is C21H25N5O. The third-order valence-electron chi connectivity index (χ3n) is 5.22. The minimum absolute atomic E-state index is 0.164. The zero-order valence-corrected chi connectivity index (χ0v) is 15.9. The number of ether oxygens (including phenoxy) is 1. The molecule has 1 atom stereocenters. The summed E-state index contributed by atoms with van der Waals surface area (Å²) >= 11 is 0. The van der Waals surface area contributed by atoms with Crippen molar-refractivity contribution in [2.45, 2.75) is 38.1 Å². The van der Waals surface area contributed by atoms with E-state index < -0.39 is 0 Å². The molecule has 0 amide bonds. The first-order valence-electron chi connectivity index (χ1n) is 9.47. The number of para-hydroxylation sites is 1. The molecule has 2 heterocycles. The Morgan fingerprint density at radius 2 is 1.93 bits per heavy atom. The van der Waals surface area contributed by atoms with Gasteiger partial charge in [0.15, 0.2) is 0 Å². The van der Waals surface area contributed by atoms with E-state index in [-0.39, 0.29) is 6.04 Å². The first-order valence-corrected chi connectivity index (χ1v) is 9.47. The number of nitrogens with one attached hydrogen (secondary N) is 1. The molecule has 0 aliphatic heterocycles. The van der Waals surface area contributed by atoms with Crippen LogP contribution in [-0.2, 0) is 19.9 Å². The average molecular weight is 363 g/mol. The fourth-order valence-electron chi connectivity index (χ4n) is 3.80. The van der Waals surface area contributed by atoms with Crippen LogP contribution < -0.4 is 10.1 Å². The van der Waals surface area contributed by atoms with Crippen LogP contribution in [0.2, 0.25) is 0 Å². The maximum atomic E-state index is 5.62. The summed E-state index contributed by atoms with van der Waals surface area (Å²) in [5.74, 6) is 2.65. The molecular weight excluding hydrogens is 338 g/mol. The lowest BCUT2D eigenvalue weighted by Crippen LogP contribution is -2.19. The fraction of sp³-hybridized carbons (Fsp3) is 0.381. The van der Waals surface area contributed by atoms with E-state index in [2.05, 4.69) is 26.3 Å². The number of aryl methyl sites for hydroxylation is 2. The Morgan fingerprint density at radius 3 is 2.74 bits per heavy atom. The maximum Gasteiger partial charge on any atom is 0.135 e. The molecule has 1 aliphatic rings. The molecule has 1 unspecified atom stereocenters. The van der Waals surface area contributed by atoms with Crippen LogP contribution in [0.5, 0.6) is 5.75 Å². The summed E-state index contributed by atoms with van der Waals surface area (Å²) < 4.78 is 7.66. The third-order valence-corrected chi connectivity index (χ3v) is 5.22. The number of nitrogens with zero attached hydrogens (tertiary/aromatic N) is 4. The molecule has 1 aromatic carbocycles. The fourth-order valence-corrected chi connectivity index (χ4v) is 3.80. The molecule has 0 saturated carbocycles. The highest BCUT2D eigenvalue weighted by Crippen LogP contribution is 2.33. The number of methoxy groups -OCH3 is 1. The summed E-state index contributed by atoms with van der Waals surface area (Å²) in [5.41, 5.74) is 3.45. The standard InChI is InChI=1S/C21H25N5O/c1-26-13-12-22-21(26)19(16-9-6-7-11-18(16)27-2)25-20-15-8-4-3-5-10-17(15)23-14-24-20/h6-7,9,11-14,19H,3-5,8,10H2,1-2H3,(H,23,24,25). The van der Waals surface area contributed by atoms with E-state index in [9.17, 15) is 0 Å². The largest absolute Gasteiger partial charge is 0.496 e. The Bertz CT molecular complexity index is 920. The van der Waals surface area contributed by atoms with Gasteiger partial charge in [-0.1, -0.05) is 24.6 Å². The molecule has 140 valence electrons. The average Bonchev–Trinajstić information content (AvgIpc) is 2.97. The molecule has 0 radical (unpaired) electrons. The van der Waals surface area contributed by atoms with E-state index in [1.807, 2.05) is 42.2 Å². The van der Waals surface area contributed by atoms with Gasteiger partial charge in [-0.25, -0.2) is 15.0 Å². The van der Waals surface area contributed by atoms with Crippen molar-refractivity contribution in [3.63, 3.8) is 0 Å². The molecule has 4 rings (SSSR count). The predicted molar refractivity (Wildman–Crippen MR) is 105 cm³/mol. The lowest BCUT2D eigenvalue weighted by atomic mass is 10.0. The molecule has 0 saturated heterocycles. The maximum absolute atomic E-state index is 5.62. The number of imidazole rings is 1. The normalized spacial score (nSPS) is 14.9. The molecule has 6 heteroatoms. The number of benzene rings is 1. The van der Waals surface area contributed by atoms with Gasteiger partial charge in [0.1, 0.15) is 29.8 Å². The van der Waals surface area contributed by atoms with Gasteiger partial charge in [-0.05, 0) is 31.7 Å². The number of hydrogen-bond acceptors (Lipinski definition) is 5. The molecule has 2 aromatic heterocycles. The van der Waals surface area contributed by atoms with E-state index in [1.165, 1.54) is 30.5 Å². The van der Waals surface area contributed by atoms with Crippen molar-refractivity contribution in [2.75, 3.05) is 12.4 Å². The van der Waals surface area contributed by atoms with Gasteiger partial charge in [-0.15, -0.1) is 0 Å². The van der Waals surface area contributed by atoms with E-state index in [0.717, 1.165) is 35.8 Å². The van der Waals surface area contributed by atoms with Crippen LogP contribution in [0, 0.1) is 0 Å². The van der Waals surface area contributed by atoms with Crippen LogP contribution >= 0.6 is 0 Å². The predicted octanol–water partition coefficient (Wildman–Crippen LogP) is 3.69. The number of aromatic nitrogens is 4. The second kappa shape index (κ2) is 7.78. The van der Waals surface area contributed by atoms with Gasteiger partial charge in [0.05, 0.1) is 7.11 Å². The van der Waals surface area contributed by atoms with Crippen LogP contribution in [0.15, 0.2) is 43.0 Å². The van der Waals surface area contributed by atoms with Crippen molar-refractivity contribution in [1.82, 2.24) is 19.5 Å². The Balaban J connectivity index is 1.78.